The Balaban J connectivity index is 3.32. The van der Waals surface area contributed by atoms with Crippen molar-refractivity contribution in [3.63, 3.8) is 0 Å². The summed E-state index contributed by atoms with van der Waals surface area (Å²) in [5.41, 5.74) is 1.24. The molecule has 0 aliphatic carbocycles. The largest absolute Gasteiger partial charge is 0.478 e. The van der Waals surface area contributed by atoms with Crippen LogP contribution in [0.3, 0.4) is 0 Å². The second kappa shape index (κ2) is 6.02. The van der Waals surface area contributed by atoms with E-state index in [2.05, 4.69) is 0 Å². The predicted molar refractivity (Wildman–Crippen MR) is 74.7 cm³/mol. The van der Waals surface area contributed by atoms with Crippen LogP contribution in [-0.4, -0.2) is 24.7 Å². The molecule has 0 saturated carbocycles. The third-order valence-corrected chi connectivity index (χ3v) is 4.98. The molecule has 19 heavy (non-hydrogen) atoms. The van der Waals surface area contributed by atoms with Gasteiger partial charge in [-0.2, -0.15) is 0 Å². The number of benzene rings is 1. The number of allylic oxidation sites excluding steroid dienone is 1. The Labute approximate surface area is 113 Å². The number of hydrogen-bond acceptors (Lipinski definition) is 3. The first-order valence-corrected chi connectivity index (χ1v) is 7.61. The van der Waals surface area contributed by atoms with Crippen molar-refractivity contribution in [3.8, 4) is 0 Å². The molecule has 0 saturated heterocycles. The van der Waals surface area contributed by atoms with Crippen LogP contribution in [-0.2, 0) is 14.6 Å². The van der Waals surface area contributed by atoms with Crippen molar-refractivity contribution in [1.29, 1.82) is 0 Å². The smallest absolute Gasteiger partial charge is 0.328 e. The van der Waals surface area contributed by atoms with Crippen molar-refractivity contribution in [2.75, 3.05) is 0 Å². The Bertz CT molecular complexity index is 598. The zero-order chi connectivity index (χ0) is 14.6. The van der Waals surface area contributed by atoms with Gasteiger partial charge in [-0.25, -0.2) is 13.2 Å². The molecule has 0 bridgehead atoms. The van der Waals surface area contributed by atoms with E-state index in [1.54, 1.807) is 26.0 Å². The van der Waals surface area contributed by atoms with E-state index in [-0.39, 0.29) is 4.90 Å². The van der Waals surface area contributed by atoms with E-state index in [0.717, 1.165) is 6.08 Å². The Morgan fingerprint density at radius 2 is 2.00 bits per heavy atom. The zero-order valence-corrected chi connectivity index (χ0v) is 12.1. The van der Waals surface area contributed by atoms with Crippen LogP contribution < -0.4 is 0 Å². The summed E-state index contributed by atoms with van der Waals surface area (Å²) in [5.74, 6) is -1.03. The zero-order valence-electron chi connectivity index (χ0n) is 11.3. The Kier molecular flexibility index (Phi) is 4.89. The fourth-order valence-electron chi connectivity index (χ4n) is 1.68. The van der Waals surface area contributed by atoms with Gasteiger partial charge in [-0.1, -0.05) is 19.1 Å². The summed E-state index contributed by atoms with van der Waals surface area (Å²) < 4.78 is 24.2. The molecule has 1 N–H and O–H groups in total. The van der Waals surface area contributed by atoms with Gasteiger partial charge in [-0.3, -0.25) is 0 Å². The average Bonchev–Trinajstić information content (AvgIpc) is 2.35. The highest BCUT2D eigenvalue weighted by Crippen LogP contribution is 2.23. The minimum Gasteiger partial charge on any atom is -0.478 e. The maximum absolute atomic E-state index is 12.1. The lowest BCUT2D eigenvalue weighted by molar-refractivity contribution is -0.131. The third kappa shape index (κ3) is 3.67. The van der Waals surface area contributed by atoms with Gasteiger partial charge < -0.3 is 5.11 Å². The average molecular weight is 282 g/mol. The standard InChI is InChI=1S/C14H18O4S/c1-4-11(9-14(15)16)12-6-5-7-13(8-12)19(17,18)10(2)3/h5-10H,4H2,1-3H3,(H,15,16)/b11-9+. The number of aliphatic carboxylic acids is 1. The number of sulfone groups is 1. The molecule has 0 unspecified atom stereocenters. The van der Waals surface area contributed by atoms with Crippen LogP contribution in [0.5, 0.6) is 0 Å². The second-order valence-corrected chi connectivity index (χ2v) is 6.99. The molecule has 0 fully saturated rings. The Hall–Kier alpha value is -1.62. The molecule has 0 atom stereocenters. The predicted octanol–water partition coefficient (Wildman–Crippen LogP) is 2.75. The molecular formula is C14H18O4S. The van der Waals surface area contributed by atoms with E-state index in [0.29, 0.717) is 17.6 Å². The van der Waals surface area contributed by atoms with Gasteiger partial charge in [0.25, 0.3) is 0 Å². The van der Waals surface area contributed by atoms with Gasteiger partial charge in [-0.15, -0.1) is 0 Å². The van der Waals surface area contributed by atoms with Crippen molar-refractivity contribution in [2.24, 2.45) is 0 Å². The number of carbonyl (C=O) groups is 1. The molecule has 0 spiro atoms. The molecule has 5 heteroatoms. The van der Waals surface area contributed by atoms with Crippen molar-refractivity contribution < 1.29 is 18.3 Å². The van der Waals surface area contributed by atoms with Crippen LogP contribution in [0.4, 0.5) is 0 Å². The lowest BCUT2D eigenvalue weighted by atomic mass is 10.0. The number of carboxylic acid groups (broad SMARTS) is 1. The minimum atomic E-state index is -3.34. The van der Waals surface area contributed by atoms with Gasteiger partial charge in [-0.05, 0) is 43.5 Å². The highest BCUT2D eigenvalue weighted by Gasteiger charge is 2.19. The topological polar surface area (TPSA) is 71.4 Å². The number of hydrogen-bond donors (Lipinski definition) is 1. The molecule has 0 aliphatic rings. The Morgan fingerprint density at radius 1 is 1.37 bits per heavy atom. The molecule has 0 amide bonds. The molecule has 4 nitrogen and oxygen atoms in total. The van der Waals surface area contributed by atoms with Crippen LogP contribution in [0.2, 0.25) is 0 Å². The third-order valence-electron chi connectivity index (χ3n) is 2.83. The van der Waals surface area contributed by atoms with Crippen LogP contribution in [0.25, 0.3) is 5.57 Å². The van der Waals surface area contributed by atoms with Crippen molar-refractivity contribution in [1.82, 2.24) is 0 Å². The lowest BCUT2D eigenvalue weighted by Crippen LogP contribution is -2.14. The highest BCUT2D eigenvalue weighted by molar-refractivity contribution is 7.92. The van der Waals surface area contributed by atoms with E-state index in [1.807, 2.05) is 6.92 Å². The van der Waals surface area contributed by atoms with Gasteiger partial charge in [0.1, 0.15) is 0 Å². The molecule has 0 radical (unpaired) electrons. The van der Waals surface area contributed by atoms with Crippen LogP contribution in [0, 0.1) is 0 Å². The van der Waals surface area contributed by atoms with E-state index >= 15 is 0 Å². The minimum absolute atomic E-state index is 0.227. The summed E-state index contributed by atoms with van der Waals surface area (Å²) in [7, 11) is -3.34. The molecule has 0 heterocycles. The first-order chi connectivity index (χ1) is 8.78. The van der Waals surface area contributed by atoms with Crippen LogP contribution >= 0.6 is 0 Å². The Morgan fingerprint density at radius 3 is 2.47 bits per heavy atom. The lowest BCUT2D eigenvalue weighted by Gasteiger charge is -2.10. The van der Waals surface area contributed by atoms with E-state index in [1.165, 1.54) is 12.1 Å². The fourth-order valence-corrected chi connectivity index (χ4v) is 2.79. The van der Waals surface area contributed by atoms with E-state index in [9.17, 15) is 13.2 Å². The molecule has 0 aliphatic heterocycles. The maximum atomic E-state index is 12.1. The summed E-state index contributed by atoms with van der Waals surface area (Å²) in [6, 6.07) is 6.42. The number of carboxylic acids is 1. The molecular weight excluding hydrogens is 264 g/mol. The summed E-state index contributed by atoms with van der Waals surface area (Å²) in [6.45, 7) is 5.07. The first-order valence-electron chi connectivity index (χ1n) is 6.06. The monoisotopic (exact) mass is 282 g/mol. The summed E-state index contributed by atoms with van der Waals surface area (Å²) in [5, 5.41) is 8.30. The van der Waals surface area contributed by atoms with E-state index in [4.69, 9.17) is 5.11 Å². The summed E-state index contributed by atoms with van der Waals surface area (Å²) in [4.78, 5) is 11.0. The van der Waals surface area contributed by atoms with Gasteiger partial charge in [0.2, 0.25) is 0 Å². The number of rotatable bonds is 5. The molecule has 1 aromatic rings. The normalized spacial score (nSPS) is 12.7. The molecule has 1 aromatic carbocycles. The van der Waals surface area contributed by atoms with Gasteiger partial charge in [0.15, 0.2) is 9.84 Å². The summed E-state index contributed by atoms with van der Waals surface area (Å²) >= 11 is 0. The van der Waals surface area contributed by atoms with Crippen LogP contribution in [0.15, 0.2) is 35.2 Å². The van der Waals surface area contributed by atoms with Crippen molar-refractivity contribution in [3.05, 3.63) is 35.9 Å². The molecule has 1 rings (SSSR count). The molecule has 0 aromatic heterocycles. The molecule has 104 valence electrons. The van der Waals surface area contributed by atoms with Gasteiger partial charge >= 0.3 is 5.97 Å². The van der Waals surface area contributed by atoms with Gasteiger partial charge in [0, 0.05) is 6.08 Å². The quantitative estimate of drug-likeness (QED) is 0.843. The summed E-state index contributed by atoms with van der Waals surface area (Å²) in [6.07, 6.45) is 1.64. The first kappa shape index (κ1) is 15.4. The van der Waals surface area contributed by atoms with Crippen molar-refractivity contribution >= 4 is 21.4 Å². The van der Waals surface area contributed by atoms with Crippen molar-refractivity contribution in [2.45, 2.75) is 37.3 Å². The van der Waals surface area contributed by atoms with Gasteiger partial charge in [0.05, 0.1) is 10.1 Å². The SMILES string of the molecule is CC/C(=C\C(=O)O)c1cccc(S(=O)(=O)C(C)C)c1. The van der Waals surface area contributed by atoms with E-state index < -0.39 is 21.1 Å². The fraction of sp³-hybridized carbons (Fsp3) is 0.357. The maximum Gasteiger partial charge on any atom is 0.328 e. The van der Waals surface area contributed by atoms with Crippen LogP contribution in [0.1, 0.15) is 32.8 Å². The second-order valence-electron chi connectivity index (χ2n) is 4.48. The highest BCUT2D eigenvalue weighted by atomic mass is 32.2.